The van der Waals surface area contributed by atoms with Crippen molar-refractivity contribution >= 4 is 27.4 Å². The van der Waals surface area contributed by atoms with Gasteiger partial charge in [0.05, 0.1) is 5.69 Å². The van der Waals surface area contributed by atoms with E-state index in [0.717, 1.165) is 5.69 Å². The Morgan fingerprint density at radius 3 is 2.95 bits per heavy atom. The van der Waals surface area contributed by atoms with Crippen molar-refractivity contribution in [2.45, 2.75) is 6.92 Å². The molecule has 0 bridgehead atoms. The summed E-state index contributed by atoms with van der Waals surface area (Å²) >= 11 is 3.24. The van der Waals surface area contributed by atoms with Gasteiger partial charge in [0.15, 0.2) is 0 Å². The summed E-state index contributed by atoms with van der Waals surface area (Å²) in [5.41, 5.74) is 1.56. The van der Waals surface area contributed by atoms with Crippen LogP contribution in [0.1, 0.15) is 16.1 Å². The number of aromatic carboxylic acids is 1. The monoisotopic (exact) mass is 347 g/mol. The molecule has 6 nitrogen and oxygen atoms in total. The molecule has 0 spiro atoms. The molecular formula is C14H10BrN3O3. The first-order chi connectivity index (χ1) is 10.0. The number of aryl methyl sites for hydroxylation is 1. The third-order valence-electron chi connectivity index (χ3n) is 2.86. The van der Waals surface area contributed by atoms with Gasteiger partial charge in [-0.2, -0.15) is 5.10 Å². The number of carboxylic acids is 1. The fraction of sp³-hybridized carbons (Fsp3) is 0.0714. The highest BCUT2D eigenvalue weighted by Gasteiger charge is 2.15. The second kappa shape index (κ2) is 5.17. The first-order valence-electron chi connectivity index (χ1n) is 6.06. The van der Waals surface area contributed by atoms with Crippen LogP contribution in [-0.2, 0) is 0 Å². The lowest BCUT2D eigenvalue weighted by Gasteiger charge is -2.09. The smallest absolute Gasteiger partial charge is 0.339 e. The molecule has 106 valence electrons. The summed E-state index contributed by atoms with van der Waals surface area (Å²) in [5.74, 6) is -0.531. The minimum Gasteiger partial charge on any atom is -0.478 e. The van der Waals surface area contributed by atoms with E-state index in [1.807, 2.05) is 13.0 Å². The minimum atomic E-state index is -1.07. The van der Waals surface area contributed by atoms with Crippen LogP contribution < -0.4 is 4.74 Å². The number of carboxylic acid groups (broad SMARTS) is 1. The fourth-order valence-corrected chi connectivity index (χ4v) is 2.32. The average molecular weight is 348 g/mol. The number of aromatic nitrogens is 3. The molecule has 1 N–H and O–H groups in total. The quantitative estimate of drug-likeness (QED) is 0.786. The third-order valence-corrected chi connectivity index (χ3v) is 3.35. The number of hydrogen-bond donors (Lipinski definition) is 1. The lowest BCUT2D eigenvalue weighted by molar-refractivity contribution is 0.0694. The van der Waals surface area contributed by atoms with Crippen molar-refractivity contribution in [1.29, 1.82) is 0 Å². The first-order valence-corrected chi connectivity index (χ1v) is 6.85. The summed E-state index contributed by atoms with van der Waals surface area (Å²) < 4.78 is 7.98. The van der Waals surface area contributed by atoms with Crippen molar-refractivity contribution in [3.8, 4) is 11.6 Å². The average Bonchev–Trinajstić information content (AvgIpc) is 2.82. The lowest BCUT2D eigenvalue weighted by atomic mass is 10.2. The molecule has 0 aliphatic heterocycles. The van der Waals surface area contributed by atoms with Crippen LogP contribution in [0.4, 0.5) is 0 Å². The zero-order valence-electron chi connectivity index (χ0n) is 10.9. The van der Waals surface area contributed by atoms with Gasteiger partial charge in [-0.1, -0.05) is 15.9 Å². The van der Waals surface area contributed by atoms with Crippen molar-refractivity contribution < 1.29 is 14.6 Å². The van der Waals surface area contributed by atoms with E-state index in [0.29, 0.717) is 15.9 Å². The number of carbonyl (C=O) groups is 1. The van der Waals surface area contributed by atoms with Crippen LogP contribution in [-0.4, -0.2) is 25.7 Å². The highest BCUT2D eigenvalue weighted by atomic mass is 79.9. The number of halogens is 1. The molecule has 1 aromatic carbocycles. The van der Waals surface area contributed by atoms with Gasteiger partial charge in [0.1, 0.15) is 16.8 Å². The highest BCUT2D eigenvalue weighted by molar-refractivity contribution is 9.10. The van der Waals surface area contributed by atoms with E-state index in [-0.39, 0.29) is 11.3 Å². The maximum absolute atomic E-state index is 11.3. The van der Waals surface area contributed by atoms with Crippen LogP contribution >= 0.6 is 15.9 Å². The summed E-state index contributed by atoms with van der Waals surface area (Å²) in [7, 11) is 0. The van der Waals surface area contributed by atoms with Crippen LogP contribution in [0.3, 0.4) is 0 Å². The van der Waals surface area contributed by atoms with Gasteiger partial charge in [-0.05, 0) is 31.2 Å². The Balaban J connectivity index is 2.08. The number of benzene rings is 1. The largest absolute Gasteiger partial charge is 0.478 e. The molecule has 0 saturated carbocycles. The van der Waals surface area contributed by atoms with E-state index in [1.165, 1.54) is 6.07 Å². The van der Waals surface area contributed by atoms with E-state index in [4.69, 9.17) is 4.74 Å². The number of nitrogens with zero attached hydrogens (tertiary/aromatic N) is 3. The number of hydrogen-bond acceptors (Lipinski definition) is 4. The van der Waals surface area contributed by atoms with Crippen molar-refractivity contribution in [2.24, 2.45) is 0 Å². The predicted octanol–water partition coefficient (Wildman–Crippen LogP) is 3.29. The van der Waals surface area contributed by atoms with Gasteiger partial charge in [0, 0.05) is 16.9 Å². The molecular weight excluding hydrogens is 338 g/mol. The second-order valence-electron chi connectivity index (χ2n) is 4.40. The fourth-order valence-electron chi connectivity index (χ4n) is 1.96. The van der Waals surface area contributed by atoms with Gasteiger partial charge in [-0.3, -0.25) is 0 Å². The zero-order valence-corrected chi connectivity index (χ0v) is 12.5. The van der Waals surface area contributed by atoms with Crippen LogP contribution in [0.15, 0.2) is 41.1 Å². The molecule has 0 radical (unpaired) electrons. The Kier molecular flexibility index (Phi) is 3.34. The SMILES string of the molecule is Cc1cc2c(Oc3ccc(Br)cc3C(=O)O)nccn2n1. The van der Waals surface area contributed by atoms with Crippen molar-refractivity contribution in [1.82, 2.24) is 14.6 Å². The summed E-state index contributed by atoms with van der Waals surface area (Å²) in [4.78, 5) is 15.4. The van der Waals surface area contributed by atoms with E-state index < -0.39 is 5.97 Å². The molecule has 2 heterocycles. The first kappa shape index (κ1) is 13.6. The summed E-state index contributed by atoms with van der Waals surface area (Å²) in [6.45, 7) is 1.86. The van der Waals surface area contributed by atoms with E-state index in [9.17, 15) is 9.90 Å². The second-order valence-corrected chi connectivity index (χ2v) is 5.31. The molecule has 0 unspecified atom stereocenters. The topological polar surface area (TPSA) is 76.7 Å². The molecule has 7 heteroatoms. The Hall–Kier alpha value is -2.41. The molecule has 2 aromatic heterocycles. The van der Waals surface area contributed by atoms with Crippen LogP contribution in [0.5, 0.6) is 11.6 Å². The molecule has 0 amide bonds. The van der Waals surface area contributed by atoms with Gasteiger partial charge >= 0.3 is 5.97 Å². The van der Waals surface area contributed by atoms with Gasteiger partial charge in [-0.15, -0.1) is 0 Å². The van der Waals surface area contributed by atoms with Gasteiger partial charge in [0.2, 0.25) is 5.88 Å². The maximum atomic E-state index is 11.3. The summed E-state index contributed by atoms with van der Waals surface area (Å²) in [6.07, 6.45) is 3.25. The molecule has 0 atom stereocenters. The van der Waals surface area contributed by atoms with E-state index >= 15 is 0 Å². The normalized spacial score (nSPS) is 10.8. The molecule has 3 aromatic rings. The standard InChI is InChI=1S/C14H10BrN3O3/c1-8-6-11-13(16-4-5-18(11)17-8)21-12-3-2-9(15)7-10(12)14(19)20/h2-7H,1H3,(H,19,20). The van der Waals surface area contributed by atoms with Crippen LogP contribution in [0, 0.1) is 6.92 Å². The van der Waals surface area contributed by atoms with Crippen LogP contribution in [0.25, 0.3) is 5.52 Å². The van der Waals surface area contributed by atoms with Gasteiger partial charge < -0.3 is 9.84 Å². The summed E-state index contributed by atoms with van der Waals surface area (Å²) in [6, 6.07) is 6.60. The Bertz CT molecular complexity index is 845. The van der Waals surface area contributed by atoms with Crippen molar-refractivity contribution in [3.05, 3.63) is 52.4 Å². The molecule has 21 heavy (non-hydrogen) atoms. The van der Waals surface area contributed by atoms with Gasteiger partial charge in [-0.25, -0.2) is 14.3 Å². The molecule has 3 rings (SSSR count). The maximum Gasteiger partial charge on any atom is 0.339 e. The number of rotatable bonds is 3. The highest BCUT2D eigenvalue weighted by Crippen LogP contribution is 2.29. The molecule has 0 fully saturated rings. The van der Waals surface area contributed by atoms with Crippen LogP contribution in [0.2, 0.25) is 0 Å². The number of ether oxygens (including phenoxy) is 1. The Labute approximate surface area is 128 Å². The molecule has 0 aliphatic carbocycles. The summed E-state index contributed by atoms with van der Waals surface area (Å²) in [5, 5.41) is 13.5. The lowest BCUT2D eigenvalue weighted by Crippen LogP contribution is -2.01. The van der Waals surface area contributed by atoms with Gasteiger partial charge in [0.25, 0.3) is 0 Å². The van der Waals surface area contributed by atoms with Crippen molar-refractivity contribution in [2.75, 3.05) is 0 Å². The zero-order chi connectivity index (χ0) is 15.0. The predicted molar refractivity (Wildman–Crippen MR) is 78.9 cm³/mol. The third kappa shape index (κ3) is 2.59. The Morgan fingerprint density at radius 1 is 1.38 bits per heavy atom. The van der Waals surface area contributed by atoms with Crippen molar-refractivity contribution in [3.63, 3.8) is 0 Å². The molecule has 0 aliphatic rings. The number of fused-ring (bicyclic) bond motifs is 1. The molecule has 0 saturated heterocycles. The minimum absolute atomic E-state index is 0.0596. The Morgan fingerprint density at radius 2 is 2.19 bits per heavy atom. The van der Waals surface area contributed by atoms with E-state index in [1.54, 1.807) is 29.0 Å². The van der Waals surface area contributed by atoms with E-state index in [2.05, 4.69) is 26.0 Å².